The Morgan fingerprint density at radius 1 is 1.26 bits per heavy atom. The average molecular weight is 464 g/mol. The molecule has 3 rings (SSSR count). The van der Waals surface area contributed by atoms with E-state index in [9.17, 15) is 28.5 Å². The number of aromatic nitrogens is 2. The number of hydrogen-bond acceptors (Lipinski definition) is 8. The highest BCUT2D eigenvalue weighted by molar-refractivity contribution is 7.98. The Balaban J connectivity index is 1.99. The van der Waals surface area contributed by atoms with Gasteiger partial charge in [-0.1, -0.05) is 19.1 Å². The third kappa shape index (κ3) is 4.83. The Kier molecular flexibility index (Phi) is 7.18. The molecule has 0 bridgehead atoms. The maximum absolute atomic E-state index is 13.7. The van der Waals surface area contributed by atoms with Gasteiger partial charge in [-0.15, -0.1) is 16.9 Å². The van der Waals surface area contributed by atoms with Gasteiger partial charge in [0.1, 0.15) is 24.0 Å². The molecule has 1 aliphatic heterocycles. The molecular weight excluding hydrogens is 441 g/mol. The lowest BCUT2D eigenvalue weighted by Crippen LogP contribution is -2.60. The molecule has 12 heteroatoms. The van der Waals surface area contributed by atoms with Crippen LogP contribution in [0.4, 0.5) is 13.2 Å². The van der Waals surface area contributed by atoms with Crippen molar-refractivity contribution in [2.24, 2.45) is 0 Å². The lowest BCUT2D eigenvalue weighted by molar-refractivity contribution is -0.281. The van der Waals surface area contributed by atoms with E-state index < -0.39 is 61.0 Å². The molecule has 0 saturated carbocycles. The van der Waals surface area contributed by atoms with Crippen LogP contribution in [0.15, 0.2) is 29.2 Å². The smallest absolute Gasteiger partial charge is 0.433 e. The summed E-state index contributed by atoms with van der Waals surface area (Å²) in [4.78, 5) is 0.855. The van der Waals surface area contributed by atoms with Crippen molar-refractivity contribution in [3.63, 3.8) is 0 Å². The van der Waals surface area contributed by atoms with Crippen LogP contribution in [0.25, 0.3) is 0 Å². The number of rotatable bonds is 6. The summed E-state index contributed by atoms with van der Waals surface area (Å²) in [6.07, 6.45) is -11.0. The fraction of sp³-hybridized carbons (Fsp3) is 0.526. The minimum Gasteiger partial charge on any atom is -0.465 e. The van der Waals surface area contributed by atoms with Crippen molar-refractivity contribution in [1.29, 1.82) is 0 Å². The number of aliphatic hydroxyl groups excluding tert-OH is 4. The zero-order valence-electron chi connectivity index (χ0n) is 16.6. The van der Waals surface area contributed by atoms with Crippen molar-refractivity contribution >= 4 is 11.8 Å². The summed E-state index contributed by atoms with van der Waals surface area (Å²) >= 11 is 1.44. The predicted octanol–water partition coefficient (Wildman–Crippen LogP) is 1.48. The largest absolute Gasteiger partial charge is 0.465 e. The molecule has 172 valence electrons. The SMILES string of the molecule is CSc1cccc(C(C)c2c(O[C@@H]3[C@@H](O)[C@H](O)[C@@H](CO)O[C@H]3O)n[nH]c2C(F)(F)F)c1. The van der Waals surface area contributed by atoms with E-state index in [-0.39, 0.29) is 5.56 Å². The third-order valence-corrected chi connectivity index (χ3v) is 5.89. The van der Waals surface area contributed by atoms with Crippen LogP contribution in [0, 0.1) is 0 Å². The van der Waals surface area contributed by atoms with Crippen LogP contribution in [0.5, 0.6) is 5.88 Å². The molecule has 1 fully saturated rings. The van der Waals surface area contributed by atoms with Crippen LogP contribution in [0.2, 0.25) is 0 Å². The van der Waals surface area contributed by atoms with Crippen LogP contribution < -0.4 is 4.74 Å². The van der Waals surface area contributed by atoms with Crippen LogP contribution >= 0.6 is 11.8 Å². The lowest BCUT2D eigenvalue weighted by atomic mass is 9.92. The molecule has 1 aromatic heterocycles. The maximum atomic E-state index is 13.7. The minimum atomic E-state index is -4.77. The molecule has 31 heavy (non-hydrogen) atoms. The van der Waals surface area contributed by atoms with E-state index in [1.165, 1.54) is 11.8 Å². The fourth-order valence-corrected chi connectivity index (χ4v) is 3.92. The van der Waals surface area contributed by atoms with Crippen LogP contribution in [0.1, 0.15) is 29.7 Å². The highest BCUT2D eigenvalue weighted by Crippen LogP contribution is 2.42. The minimum absolute atomic E-state index is 0.316. The number of nitrogens with one attached hydrogen (secondary N) is 1. The molecule has 8 nitrogen and oxygen atoms in total. The Morgan fingerprint density at radius 3 is 2.58 bits per heavy atom. The number of hydrogen-bond donors (Lipinski definition) is 5. The standard InChI is InChI=1S/C19H23F3N2O6S/c1-8(9-4-3-5-10(6-9)31-2)12-16(19(20,21)22)23-24-17(12)30-15-14(27)13(26)11(7-25)29-18(15)28/h3-6,8,11,13-15,18,25-28H,7H2,1-2H3,(H,23,24)/t8?,11-,13-,14+,15-,18-/m1/s1. The first-order chi connectivity index (χ1) is 14.6. The average Bonchev–Trinajstić information content (AvgIpc) is 3.17. The van der Waals surface area contributed by atoms with Gasteiger partial charge >= 0.3 is 6.18 Å². The number of benzene rings is 1. The Hall–Kier alpha value is -1.83. The molecule has 5 N–H and O–H groups in total. The van der Waals surface area contributed by atoms with Crippen molar-refractivity contribution in [3.05, 3.63) is 41.1 Å². The number of halogens is 3. The second-order valence-electron chi connectivity index (χ2n) is 7.12. The summed E-state index contributed by atoms with van der Waals surface area (Å²) in [7, 11) is 0. The van der Waals surface area contributed by atoms with Gasteiger partial charge in [-0.25, -0.2) is 0 Å². The molecule has 1 aromatic carbocycles. The summed E-state index contributed by atoms with van der Waals surface area (Å²) in [5, 5.41) is 45.1. The highest BCUT2D eigenvalue weighted by Gasteiger charge is 2.47. The number of thioether (sulfide) groups is 1. The number of ether oxygens (including phenoxy) is 2. The Bertz CT molecular complexity index is 896. The summed E-state index contributed by atoms with van der Waals surface area (Å²) in [6, 6.07) is 6.96. The zero-order valence-corrected chi connectivity index (χ0v) is 17.4. The summed E-state index contributed by atoms with van der Waals surface area (Å²) < 4.78 is 51.4. The number of H-pyrrole nitrogens is 1. The van der Waals surface area contributed by atoms with Gasteiger partial charge in [0.15, 0.2) is 12.4 Å². The molecule has 0 aliphatic carbocycles. The quantitative estimate of drug-likeness (QED) is 0.407. The van der Waals surface area contributed by atoms with Crippen molar-refractivity contribution in [3.8, 4) is 5.88 Å². The normalized spacial score (nSPS) is 27.8. The van der Waals surface area contributed by atoms with Gasteiger partial charge in [0.05, 0.1) is 12.2 Å². The van der Waals surface area contributed by atoms with Crippen LogP contribution in [0.3, 0.4) is 0 Å². The van der Waals surface area contributed by atoms with Gasteiger partial charge < -0.3 is 29.9 Å². The van der Waals surface area contributed by atoms with E-state index in [1.807, 2.05) is 17.4 Å². The molecule has 2 heterocycles. The molecule has 1 aliphatic rings. The lowest BCUT2D eigenvalue weighted by Gasteiger charge is -2.39. The van der Waals surface area contributed by atoms with Crippen LogP contribution in [-0.2, 0) is 10.9 Å². The maximum Gasteiger partial charge on any atom is 0.433 e. The first-order valence-corrected chi connectivity index (χ1v) is 10.6. The van der Waals surface area contributed by atoms with Crippen molar-refractivity contribution in [2.75, 3.05) is 12.9 Å². The van der Waals surface area contributed by atoms with Crippen molar-refractivity contribution in [1.82, 2.24) is 10.2 Å². The Morgan fingerprint density at radius 2 is 1.97 bits per heavy atom. The first-order valence-electron chi connectivity index (χ1n) is 9.35. The van der Waals surface area contributed by atoms with Gasteiger partial charge in [0.2, 0.25) is 5.88 Å². The van der Waals surface area contributed by atoms with Crippen LogP contribution in [-0.4, -0.2) is 74.2 Å². The van der Waals surface area contributed by atoms with Crippen molar-refractivity contribution < 1.29 is 43.1 Å². The number of nitrogens with zero attached hydrogens (tertiary/aromatic N) is 1. The van der Waals surface area contributed by atoms with E-state index in [0.29, 0.717) is 5.56 Å². The molecule has 0 amide bonds. The molecule has 6 atom stereocenters. The zero-order chi connectivity index (χ0) is 22.9. The summed E-state index contributed by atoms with van der Waals surface area (Å²) in [5.41, 5.74) is -0.868. The van der Waals surface area contributed by atoms with Gasteiger partial charge in [-0.2, -0.15) is 13.2 Å². The molecular formula is C19H23F3N2O6S. The van der Waals surface area contributed by atoms with Gasteiger partial charge in [0, 0.05) is 10.8 Å². The van der Waals surface area contributed by atoms with Gasteiger partial charge in [-0.3, -0.25) is 5.10 Å². The van der Waals surface area contributed by atoms with Crippen molar-refractivity contribution in [2.45, 2.75) is 54.6 Å². The molecule has 1 saturated heterocycles. The topological polar surface area (TPSA) is 128 Å². The monoisotopic (exact) mass is 464 g/mol. The molecule has 1 unspecified atom stereocenters. The number of alkyl halides is 3. The molecule has 2 aromatic rings. The third-order valence-electron chi connectivity index (χ3n) is 5.17. The summed E-state index contributed by atoms with van der Waals surface area (Å²) in [5.74, 6) is -1.30. The van der Waals surface area contributed by atoms with E-state index in [4.69, 9.17) is 14.6 Å². The summed E-state index contributed by atoms with van der Waals surface area (Å²) in [6.45, 7) is 0.865. The van der Waals surface area contributed by atoms with Gasteiger partial charge in [-0.05, 0) is 24.0 Å². The van der Waals surface area contributed by atoms with E-state index >= 15 is 0 Å². The Labute approximate surface area is 180 Å². The number of aliphatic hydroxyl groups is 4. The van der Waals surface area contributed by atoms with E-state index in [2.05, 4.69) is 5.10 Å². The predicted molar refractivity (Wildman–Crippen MR) is 104 cm³/mol. The van der Waals surface area contributed by atoms with E-state index in [1.54, 1.807) is 25.1 Å². The highest BCUT2D eigenvalue weighted by atomic mass is 32.2. The van der Waals surface area contributed by atoms with Gasteiger partial charge in [0.25, 0.3) is 0 Å². The van der Waals surface area contributed by atoms with E-state index in [0.717, 1.165) is 4.90 Å². The second-order valence-corrected chi connectivity index (χ2v) is 8.00. The fourth-order valence-electron chi connectivity index (χ4n) is 3.45. The molecule has 0 radical (unpaired) electrons. The molecule has 0 spiro atoms. The second kappa shape index (κ2) is 9.35. The number of aromatic amines is 1. The first kappa shape index (κ1) is 23.8.